The fraction of sp³-hybridized carbons (Fsp3) is 0.556. The van der Waals surface area contributed by atoms with E-state index >= 15 is 0 Å². The molecule has 25 heavy (non-hydrogen) atoms. The van der Waals surface area contributed by atoms with Crippen molar-refractivity contribution in [3.8, 4) is 0 Å². The van der Waals surface area contributed by atoms with Gasteiger partial charge in [0, 0.05) is 25.3 Å². The minimum atomic E-state index is -0.952. The Labute approximate surface area is 154 Å². The number of rotatable bonds is 8. The molecule has 0 aliphatic carbocycles. The lowest BCUT2D eigenvalue weighted by molar-refractivity contribution is 0.0677. The highest BCUT2D eigenvalue weighted by atomic mass is 32.1. The predicted molar refractivity (Wildman–Crippen MR) is 104 cm³/mol. The molecule has 1 unspecified atom stereocenters. The van der Waals surface area contributed by atoms with Crippen LogP contribution in [0.4, 0.5) is 0 Å². The van der Waals surface area contributed by atoms with Crippen molar-refractivity contribution >= 4 is 17.3 Å². The molecule has 2 heterocycles. The van der Waals surface area contributed by atoms with Crippen LogP contribution in [0.25, 0.3) is 0 Å². The van der Waals surface area contributed by atoms with Crippen molar-refractivity contribution in [3.05, 3.63) is 39.8 Å². The van der Waals surface area contributed by atoms with E-state index in [0.717, 1.165) is 43.3 Å². The van der Waals surface area contributed by atoms with Crippen LogP contribution in [-0.2, 0) is 12.1 Å². The number of guanidine groups is 1. The van der Waals surface area contributed by atoms with Crippen molar-refractivity contribution in [3.63, 3.8) is 0 Å². The first-order valence-electron chi connectivity index (χ1n) is 8.70. The van der Waals surface area contributed by atoms with E-state index in [1.165, 1.54) is 5.69 Å². The van der Waals surface area contributed by atoms with Gasteiger partial charge in [-0.25, -0.2) is 4.99 Å². The minimum absolute atomic E-state index is 0.316. The number of nitrogens with zero attached hydrogens (tertiary/aromatic N) is 3. The van der Waals surface area contributed by atoms with Crippen LogP contribution in [0.2, 0.25) is 0 Å². The molecular weight excluding hydrogens is 334 g/mol. The lowest BCUT2D eigenvalue weighted by atomic mass is 10.00. The second-order valence-corrected chi connectivity index (χ2v) is 7.19. The van der Waals surface area contributed by atoms with Crippen LogP contribution >= 0.6 is 11.3 Å². The van der Waals surface area contributed by atoms with Gasteiger partial charge in [0.1, 0.15) is 5.60 Å². The molecule has 0 bridgehead atoms. The van der Waals surface area contributed by atoms with Gasteiger partial charge >= 0.3 is 0 Å². The van der Waals surface area contributed by atoms with Gasteiger partial charge in [-0.3, -0.25) is 4.68 Å². The minimum Gasteiger partial charge on any atom is -0.383 e. The quantitative estimate of drug-likeness (QED) is 0.382. The van der Waals surface area contributed by atoms with Crippen LogP contribution in [0.3, 0.4) is 0 Å². The summed E-state index contributed by atoms with van der Waals surface area (Å²) in [5, 5.41) is 25.5. The average Bonchev–Trinajstić information content (AvgIpc) is 3.19. The van der Waals surface area contributed by atoms with Crippen LogP contribution < -0.4 is 10.6 Å². The van der Waals surface area contributed by atoms with Crippen molar-refractivity contribution in [1.82, 2.24) is 20.4 Å². The summed E-state index contributed by atoms with van der Waals surface area (Å²) >= 11 is 1.58. The Morgan fingerprint density at radius 1 is 1.40 bits per heavy atom. The number of aliphatic imine (C=N–C) groups is 1. The van der Waals surface area contributed by atoms with Gasteiger partial charge in [0.15, 0.2) is 5.96 Å². The zero-order valence-electron chi connectivity index (χ0n) is 15.5. The first kappa shape index (κ1) is 19.5. The van der Waals surface area contributed by atoms with E-state index < -0.39 is 5.60 Å². The Hall–Kier alpha value is -1.86. The van der Waals surface area contributed by atoms with Gasteiger partial charge in [-0.05, 0) is 62.6 Å². The fourth-order valence-corrected chi connectivity index (χ4v) is 3.36. The van der Waals surface area contributed by atoms with Gasteiger partial charge in [0.05, 0.1) is 12.2 Å². The van der Waals surface area contributed by atoms with Crippen molar-refractivity contribution in [1.29, 1.82) is 0 Å². The van der Waals surface area contributed by atoms with E-state index in [2.05, 4.69) is 33.7 Å². The number of thiophene rings is 1. The monoisotopic (exact) mass is 363 g/mol. The molecule has 0 amide bonds. The summed E-state index contributed by atoms with van der Waals surface area (Å²) in [6.45, 7) is 10.7. The molecule has 0 radical (unpaired) electrons. The number of aliphatic hydroxyl groups is 1. The maximum Gasteiger partial charge on any atom is 0.191 e. The molecule has 0 aliphatic heterocycles. The molecule has 0 saturated heterocycles. The number of aromatic nitrogens is 2. The Morgan fingerprint density at radius 3 is 2.80 bits per heavy atom. The summed E-state index contributed by atoms with van der Waals surface area (Å²) in [4.78, 5) is 4.53. The van der Waals surface area contributed by atoms with Crippen LogP contribution in [0.15, 0.2) is 27.9 Å². The van der Waals surface area contributed by atoms with E-state index in [-0.39, 0.29) is 0 Å². The highest BCUT2D eigenvalue weighted by molar-refractivity contribution is 7.08. The third kappa shape index (κ3) is 5.86. The van der Waals surface area contributed by atoms with Crippen LogP contribution in [0, 0.1) is 13.8 Å². The molecule has 6 nitrogen and oxygen atoms in total. The average molecular weight is 364 g/mol. The van der Waals surface area contributed by atoms with Gasteiger partial charge in [-0.2, -0.15) is 16.4 Å². The highest BCUT2D eigenvalue weighted by Gasteiger charge is 2.23. The zero-order chi connectivity index (χ0) is 18.3. The van der Waals surface area contributed by atoms with E-state index in [1.54, 1.807) is 18.3 Å². The Kier molecular flexibility index (Phi) is 7.01. The van der Waals surface area contributed by atoms with Crippen molar-refractivity contribution in [2.75, 3.05) is 19.6 Å². The van der Waals surface area contributed by atoms with E-state index in [4.69, 9.17) is 0 Å². The van der Waals surface area contributed by atoms with E-state index in [9.17, 15) is 5.11 Å². The third-order valence-corrected chi connectivity index (χ3v) is 4.66. The van der Waals surface area contributed by atoms with Crippen LogP contribution in [0.5, 0.6) is 0 Å². The number of hydrogen-bond donors (Lipinski definition) is 3. The maximum atomic E-state index is 10.6. The first-order valence-corrected chi connectivity index (χ1v) is 9.65. The van der Waals surface area contributed by atoms with Crippen molar-refractivity contribution in [2.24, 2.45) is 4.99 Å². The van der Waals surface area contributed by atoms with Gasteiger partial charge < -0.3 is 15.7 Å². The standard InChI is InChI=1S/C18H29N5OS/c1-5-19-17(21-13-18(4,24)16-7-10-25-12-16)20-8-6-9-23-15(3)11-14(2)22-23/h7,10-12,24H,5-6,8-9,13H2,1-4H3,(H2,19,20,21). The molecule has 0 aromatic carbocycles. The Balaban J connectivity index is 1.84. The predicted octanol–water partition coefficient (Wildman–Crippen LogP) is 2.41. The second-order valence-electron chi connectivity index (χ2n) is 6.41. The van der Waals surface area contributed by atoms with Crippen molar-refractivity contribution < 1.29 is 5.11 Å². The van der Waals surface area contributed by atoms with Gasteiger partial charge in [-0.1, -0.05) is 0 Å². The molecular formula is C18H29N5OS. The lowest BCUT2D eigenvalue weighted by Gasteiger charge is -2.21. The second kappa shape index (κ2) is 9.01. The third-order valence-electron chi connectivity index (χ3n) is 3.97. The largest absolute Gasteiger partial charge is 0.383 e. The van der Waals surface area contributed by atoms with Gasteiger partial charge in [0.25, 0.3) is 0 Å². The Bertz CT molecular complexity index is 676. The molecule has 0 saturated carbocycles. The molecule has 7 heteroatoms. The summed E-state index contributed by atoms with van der Waals surface area (Å²) in [5.41, 5.74) is 2.19. The summed E-state index contributed by atoms with van der Waals surface area (Å²) in [6, 6.07) is 4.03. The Morgan fingerprint density at radius 2 is 2.20 bits per heavy atom. The van der Waals surface area contributed by atoms with Gasteiger partial charge in [-0.15, -0.1) is 0 Å². The molecule has 0 aliphatic rings. The molecule has 2 rings (SSSR count). The van der Waals surface area contributed by atoms with Crippen molar-refractivity contribution in [2.45, 2.75) is 46.3 Å². The number of nitrogens with one attached hydrogen (secondary N) is 2. The number of aryl methyl sites for hydroxylation is 3. The molecule has 1 atom stereocenters. The number of hydrogen-bond acceptors (Lipinski definition) is 4. The summed E-state index contributed by atoms with van der Waals surface area (Å²) in [5.74, 6) is 0.728. The first-order chi connectivity index (χ1) is 11.9. The molecule has 2 aromatic heterocycles. The molecule has 0 spiro atoms. The van der Waals surface area contributed by atoms with Crippen LogP contribution in [-0.4, -0.2) is 40.5 Å². The fourth-order valence-electron chi connectivity index (χ4n) is 2.57. The van der Waals surface area contributed by atoms with Gasteiger partial charge in [0.2, 0.25) is 0 Å². The van der Waals surface area contributed by atoms with E-state index in [1.807, 2.05) is 35.4 Å². The topological polar surface area (TPSA) is 74.5 Å². The van der Waals surface area contributed by atoms with E-state index in [0.29, 0.717) is 6.54 Å². The van der Waals surface area contributed by atoms with Crippen LogP contribution in [0.1, 0.15) is 37.2 Å². The lowest BCUT2D eigenvalue weighted by Crippen LogP contribution is -2.39. The maximum absolute atomic E-state index is 10.6. The summed E-state index contributed by atoms with van der Waals surface area (Å²) in [6.07, 6.45) is 0.952. The molecule has 2 aromatic rings. The zero-order valence-corrected chi connectivity index (χ0v) is 16.4. The molecule has 138 valence electrons. The normalized spacial score (nSPS) is 14.4. The SMILES string of the molecule is CCNC(=NCC(C)(O)c1ccsc1)NCCCn1nc(C)cc1C. The molecule has 0 fully saturated rings. The smallest absolute Gasteiger partial charge is 0.191 e. The highest BCUT2D eigenvalue weighted by Crippen LogP contribution is 2.23. The summed E-state index contributed by atoms with van der Waals surface area (Å²) < 4.78 is 2.03. The molecule has 3 N–H and O–H groups in total. The summed E-state index contributed by atoms with van der Waals surface area (Å²) in [7, 11) is 0.